The van der Waals surface area contributed by atoms with Gasteiger partial charge in [-0.05, 0) is 38.6 Å². The maximum Gasteiger partial charge on any atom is 0.0407 e. The third-order valence-corrected chi connectivity index (χ3v) is 1.98. The van der Waals surface area contributed by atoms with E-state index in [1.54, 1.807) is 5.57 Å². The van der Waals surface area contributed by atoms with E-state index < -0.39 is 0 Å². The molecule has 0 amide bonds. The highest BCUT2D eigenvalue weighted by Gasteiger charge is 2.01. The minimum Gasteiger partial charge on any atom is -0.311 e. The van der Waals surface area contributed by atoms with Crippen molar-refractivity contribution in [1.82, 2.24) is 5.32 Å². The van der Waals surface area contributed by atoms with Crippen LogP contribution in [0.5, 0.6) is 0 Å². The van der Waals surface area contributed by atoms with Gasteiger partial charge in [0.05, 0.1) is 0 Å². The minimum atomic E-state index is 0.922. The Kier molecular flexibility index (Phi) is 3.52. The molecule has 1 nitrogen and oxygen atoms in total. The van der Waals surface area contributed by atoms with Gasteiger partial charge in [-0.15, -0.1) is 0 Å². The van der Waals surface area contributed by atoms with Crippen molar-refractivity contribution in [2.45, 2.75) is 32.1 Å². The van der Waals surface area contributed by atoms with E-state index in [0.29, 0.717) is 0 Å². The lowest BCUT2D eigenvalue weighted by Gasteiger charge is -2.11. The van der Waals surface area contributed by atoms with Gasteiger partial charge in [0.25, 0.3) is 0 Å². The summed E-state index contributed by atoms with van der Waals surface area (Å²) in [6, 6.07) is 0. The molecule has 1 aliphatic rings. The molecule has 0 aromatic rings. The summed E-state index contributed by atoms with van der Waals surface area (Å²) in [5.74, 6) is 0. The maximum absolute atomic E-state index is 5.17. The smallest absolute Gasteiger partial charge is 0.0407 e. The second kappa shape index (κ2) is 4.51. The van der Waals surface area contributed by atoms with Crippen LogP contribution >= 0.6 is 0 Å². The van der Waals surface area contributed by atoms with Crippen molar-refractivity contribution in [3.8, 4) is 0 Å². The van der Waals surface area contributed by atoms with Gasteiger partial charge in [0, 0.05) is 7.05 Å². The molecular weight excluding hydrogens is 122 g/mol. The second-order valence-corrected chi connectivity index (χ2v) is 2.81. The van der Waals surface area contributed by atoms with Crippen molar-refractivity contribution in [2.75, 3.05) is 6.54 Å². The van der Waals surface area contributed by atoms with Crippen molar-refractivity contribution in [3.05, 3.63) is 18.7 Å². The van der Waals surface area contributed by atoms with Gasteiger partial charge < -0.3 is 5.32 Å². The van der Waals surface area contributed by atoms with E-state index in [1.807, 2.05) is 0 Å². The lowest BCUT2D eigenvalue weighted by Crippen LogP contribution is -2.06. The molecular formula is C9H15N. The van der Waals surface area contributed by atoms with Crippen LogP contribution < -0.4 is 5.32 Å². The number of allylic oxidation sites excluding steroid dienone is 1. The zero-order valence-electron chi connectivity index (χ0n) is 6.40. The van der Waals surface area contributed by atoms with Gasteiger partial charge in [-0.2, -0.15) is 0 Å². The molecule has 0 aromatic heterocycles. The summed E-state index contributed by atoms with van der Waals surface area (Å²) >= 11 is 0. The fraction of sp³-hybridized carbons (Fsp3) is 0.667. The van der Waals surface area contributed by atoms with Crippen molar-refractivity contribution >= 4 is 0 Å². The number of nitrogens with one attached hydrogen (secondary N) is 1. The summed E-state index contributed by atoms with van der Waals surface area (Å²) < 4.78 is 0. The molecule has 1 heteroatoms. The Balaban J connectivity index is 2.18. The largest absolute Gasteiger partial charge is 0.311 e. The molecule has 0 bridgehead atoms. The lowest BCUT2D eigenvalue weighted by atomic mass is 9.97. The van der Waals surface area contributed by atoms with E-state index in [1.165, 1.54) is 25.7 Å². The normalized spacial score (nSPS) is 18.7. The standard InChI is InChI=1S/C9H15N/c1-10-8-7-9-5-3-2-4-6-9/h1,5,10H,2-4,6-8H2. The minimum absolute atomic E-state index is 0.922. The molecule has 0 unspecified atom stereocenters. The highest BCUT2D eigenvalue weighted by atomic mass is 14.8. The predicted molar refractivity (Wildman–Crippen MR) is 43.5 cm³/mol. The Hall–Kier alpha value is -0.300. The Labute approximate surface area is 63.5 Å². The van der Waals surface area contributed by atoms with Gasteiger partial charge in [-0.3, -0.25) is 0 Å². The van der Waals surface area contributed by atoms with Crippen molar-refractivity contribution in [1.29, 1.82) is 0 Å². The fourth-order valence-corrected chi connectivity index (χ4v) is 1.36. The van der Waals surface area contributed by atoms with E-state index >= 15 is 0 Å². The van der Waals surface area contributed by atoms with Gasteiger partial charge in [0.1, 0.15) is 0 Å². The summed E-state index contributed by atoms with van der Waals surface area (Å²) in [7, 11) is 5.17. The van der Waals surface area contributed by atoms with Crippen LogP contribution in [0, 0.1) is 7.05 Å². The van der Waals surface area contributed by atoms with E-state index in [4.69, 9.17) is 7.05 Å². The highest BCUT2D eigenvalue weighted by Crippen LogP contribution is 2.19. The third kappa shape index (κ3) is 2.53. The Morgan fingerprint density at radius 2 is 2.40 bits per heavy atom. The Morgan fingerprint density at radius 3 is 3.00 bits per heavy atom. The summed E-state index contributed by atoms with van der Waals surface area (Å²) in [5, 5.41) is 2.67. The van der Waals surface area contributed by atoms with Gasteiger partial charge in [-0.25, -0.2) is 0 Å². The van der Waals surface area contributed by atoms with Crippen molar-refractivity contribution in [3.63, 3.8) is 0 Å². The Morgan fingerprint density at radius 1 is 1.50 bits per heavy atom. The van der Waals surface area contributed by atoms with Crippen LogP contribution in [0.4, 0.5) is 0 Å². The SMILES string of the molecule is [CH]NCCC1=CCCCC1. The summed E-state index contributed by atoms with van der Waals surface area (Å²) in [5.41, 5.74) is 1.59. The molecule has 1 N–H and O–H groups in total. The van der Waals surface area contributed by atoms with Crippen molar-refractivity contribution in [2.24, 2.45) is 0 Å². The van der Waals surface area contributed by atoms with E-state index in [2.05, 4.69) is 11.4 Å². The maximum atomic E-state index is 5.17. The first-order valence-corrected chi connectivity index (χ1v) is 4.05. The molecule has 10 heavy (non-hydrogen) atoms. The van der Waals surface area contributed by atoms with E-state index in [0.717, 1.165) is 13.0 Å². The van der Waals surface area contributed by atoms with E-state index in [9.17, 15) is 0 Å². The second-order valence-electron chi connectivity index (χ2n) is 2.81. The Bertz CT molecular complexity index is 116. The van der Waals surface area contributed by atoms with Crippen LogP contribution in [0.2, 0.25) is 0 Å². The molecule has 0 heterocycles. The molecule has 0 saturated heterocycles. The van der Waals surface area contributed by atoms with Crippen LogP contribution in [0.25, 0.3) is 0 Å². The van der Waals surface area contributed by atoms with Crippen LogP contribution in [0.15, 0.2) is 11.6 Å². The fourth-order valence-electron chi connectivity index (χ4n) is 1.36. The topological polar surface area (TPSA) is 12.0 Å². The summed E-state index contributed by atoms with van der Waals surface area (Å²) in [4.78, 5) is 0. The quantitative estimate of drug-likeness (QED) is 0.464. The number of hydrogen-bond donors (Lipinski definition) is 1. The molecule has 56 valence electrons. The van der Waals surface area contributed by atoms with Crippen LogP contribution in [0.3, 0.4) is 0 Å². The molecule has 0 spiro atoms. The zero-order valence-corrected chi connectivity index (χ0v) is 6.40. The number of rotatable bonds is 3. The van der Waals surface area contributed by atoms with Gasteiger partial charge >= 0.3 is 0 Å². The average Bonchev–Trinajstić information content (AvgIpc) is 2.03. The molecule has 0 saturated carbocycles. The zero-order chi connectivity index (χ0) is 7.23. The molecule has 0 atom stereocenters. The van der Waals surface area contributed by atoms with Crippen molar-refractivity contribution < 1.29 is 0 Å². The first-order valence-electron chi connectivity index (χ1n) is 4.05. The van der Waals surface area contributed by atoms with Gasteiger partial charge in [0.15, 0.2) is 0 Å². The van der Waals surface area contributed by atoms with Crippen LogP contribution in [-0.4, -0.2) is 6.54 Å². The third-order valence-electron chi connectivity index (χ3n) is 1.98. The van der Waals surface area contributed by atoms with Crippen LogP contribution in [0.1, 0.15) is 32.1 Å². The first-order chi connectivity index (χ1) is 4.93. The summed E-state index contributed by atoms with van der Waals surface area (Å²) in [6.07, 6.45) is 8.81. The molecule has 0 aliphatic heterocycles. The molecule has 0 fully saturated rings. The van der Waals surface area contributed by atoms with Gasteiger partial charge in [0.2, 0.25) is 0 Å². The monoisotopic (exact) mass is 137 g/mol. The molecule has 0 aromatic carbocycles. The molecule has 2 radical (unpaired) electrons. The molecule has 1 aliphatic carbocycles. The van der Waals surface area contributed by atoms with E-state index in [-0.39, 0.29) is 0 Å². The average molecular weight is 137 g/mol. The highest BCUT2D eigenvalue weighted by molar-refractivity contribution is 5.04. The lowest BCUT2D eigenvalue weighted by molar-refractivity contribution is 0.664. The van der Waals surface area contributed by atoms with Gasteiger partial charge in [-0.1, -0.05) is 11.6 Å². The number of hydrogen-bond acceptors (Lipinski definition) is 1. The molecule has 1 rings (SSSR count). The van der Waals surface area contributed by atoms with Crippen LogP contribution in [-0.2, 0) is 0 Å². The first kappa shape index (κ1) is 7.80. The predicted octanol–water partition coefficient (Wildman–Crippen LogP) is 2.14. The summed E-state index contributed by atoms with van der Waals surface area (Å²) in [6.45, 7) is 0.922.